The number of hydrogen-bond acceptors (Lipinski definition) is 4. The van der Waals surface area contributed by atoms with Gasteiger partial charge in [0.2, 0.25) is 0 Å². The van der Waals surface area contributed by atoms with Crippen molar-refractivity contribution in [2.45, 2.75) is 60.8 Å². The van der Waals surface area contributed by atoms with E-state index < -0.39 is 5.69 Å². The normalized spacial score (nSPS) is 12.4. The Morgan fingerprint density at radius 3 is 1.57 bits per heavy atom. The molecule has 0 aliphatic rings. The van der Waals surface area contributed by atoms with Crippen LogP contribution in [0.2, 0.25) is 0 Å². The highest BCUT2D eigenvalue weighted by Crippen LogP contribution is 2.60. The van der Waals surface area contributed by atoms with Crippen LogP contribution in [0.4, 0.5) is 0 Å². The molecule has 35 heavy (non-hydrogen) atoms. The van der Waals surface area contributed by atoms with Crippen LogP contribution < -0.4 is 9.05 Å². The van der Waals surface area contributed by atoms with E-state index in [1.807, 2.05) is 18.2 Å². The Kier molecular flexibility index (Phi) is 9.54. The summed E-state index contributed by atoms with van der Waals surface area (Å²) in [4.78, 5) is 0. The maximum Gasteiger partial charge on any atom is 0.348 e. The van der Waals surface area contributed by atoms with Gasteiger partial charge >= 0.3 is 5.69 Å². The molecule has 0 radical (unpaired) electrons. The van der Waals surface area contributed by atoms with E-state index in [0.717, 1.165) is 36.5 Å². The molecule has 3 aromatic rings. The van der Waals surface area contributed by atoms with Crippen molar-refractivity contribution in [3.05, 3.63) is 95.6 Å². The van der Waals surface area contributed by atoms with Gasteiger partial charge in [-0.1, -0.05) is 96.1 Å². The van der Waals surface area contributed by atoms with Gasteiger partial charge in [-0.15, -0.1) is 0 Å². The average molecular weight is 527 g/mol. The molecule has 0 unspecified atom stereocenters. The summed E-state index contributed by atoms with van der Waals surface area (Å²) in [5.74, 6) is 2.41. The summed E-state index contributed by atoms with van der Waals surface area (Å²) < 4.78 is 13.0. The van der Waals surface area contributed by atoms with Gasteiger partial charge in [0.05, 0.1) is 0 Å². The first kappa shape index (κ1) is 27.8. The van der Waals surface area contributed by atoms with E-state index in [2.05, 4.69) is 102 Å². The summed E-state index contributed by atoms with van der Waals surface area (Å²) >= 11 is 7.74. The van der Waals surface area contributed by atoms with Crippen LogP contribution in [0, 0.1) is 10.8 Å². The van der Waals surface area contributed by atoms with Crippen molar-refractivity contribution < 1.29 is 9.05 Å². The molecule has 0 fully saturated rings. The van der Waals surface area contributed by atoms with E-state index in [1.54, 1.807) is 11.4 Å². The Morgan fingerprint density at radius 2 is 1.11 bits per heavy atom. The largest absolute Gasteiger partial charge is 0.428 e. The third-order valence-corrected chi connectivity index (χ3v) is 10.1. The monoisotopic (exact) mass is 526 g/mol. The molecule has 0 saturated heterocycles. The fraction of sp³-hybridized carbons (Fsp3) is 0.400. The average Bonchev–Trinajstić information content (AvgIpc) is 2.72. The summed E-state index contributed by atoms with van der Waals surface area (Å²) in [6.45, 7) is 13.5. The molecule has 0 N–H and O–H groups in total. The van der Waals surface area contributed by atoms with Crippen LogP contribution in [0.3, 0.4) is 0 Å². The lowest BCUT2D eigenvalue weighted by Gasteiger charge is -2.24. The SMILES string of the molecule is CC(C)(C)Cc1cccc(OP(=S)(Oc2cccc(CC(C)(C)C)c2)SCCc2ccccc2)c1. The van der Waals surface area contributed by atoms with E-state index in [9.17, 15) is 0 Å². The standard InChI is InChI=1S/C30H39O2PS2/c1-29(2,3)22-25-14-10-16-27(20-25)31-33(34,35-19-18-24-12-8-7-9-13-24)32-28-17-11-15-26(21-28)23-30(4,5)6/h7-17,20-21H,18-19,22-23H2,1-6H3. The number of hydrogen-bond donors (Lipinski definition) is 0. The van der Waals surface area contributed by atoms with Gasteiger partial charge in [-0.05, 0) is 94.2 Å². The van der Waals surface area contributed by atoms with Gasteiger partial charge in [0, 0.05) is 5.75 Å². The van der Waals surface area contributed by atoms with Gasteiger partial charge < -0.3 is 9.05 Å². The highest BCUT2D eigenvalue weighted by molar-refractivity contribution is 8.68. The number of aryl methyl sites for hydroxylation is 1. The van der Waals surface area contributed by atoms with Crippen molar-refractivity contribution in [2.75, 3.05) is 5.75 Å². The molecule has 188 valence electrons. The lowest BCUT2D eigenvalue weighted by Crippen LogP contribution is -2.09. The minimum atomic E-state index is -2.69. The summed E-state index contributed by atoms with van der Waals surface area (Å²) in [7, 11) is 0. The summed E-state index contributed by atoms with van der Waals surface area (Å²) in [5, 5.41) is 0. The van der Waals surface area contributed by atoms with Gasteiger partial charge in [0.15, 0.2) is 0 Å². The van der Waals surface area contributed by atoms with E-state index in [0.29, 0.717) is 0 Å². The zero-order valence-electron chi connectivity index (χ0n) is 21.9. The molecule has 0 bridgehead atoms. The van der Waals surface area contributed by atoms with Crippen molar-refractivity contribution in [1.82, 2.24) is 0 Å². The minimum absolute atomic E-state index is 0.202. The van der Waals surface area contributed by atoms with Crippen LogP contribution in [0.15, 0.2) is 78.9 Å². The molecule has 0 aliphatic carbocycles. The molecule has 0 heterocycles. The molecule has 5 heteroatoms. The van der Waals surface area contributed by atoms with Gasteiger partial charge in [-0.2, -0.15) is 0 Å². The highest BCUT2D eigenvalue weighted by atomic mass is 32.9. The quantitative estimate of drug-likeness (QED) is 0.245. The summed E-state index contributed by atoms with van der Waals surface area (Å²) in [6, 6.07) is 27.1. The Hall–Kier alpha value is -1.74. The molecule has 0 aliphatic heterocycles. The van der Waals surface area contributed by atoms with Crippen molar-refractivity contribution in [3.63, 3.8) is 0 Å². The molecule has 0 spiro atoms. The van der Waals surface area contributed by atoms with Crippen molar-refractivity contribution in [1.29, 1.82) is 0 Å². The highest BCUT2D eigenvalue weighted by Gasteiger charge is 2.25. The molecule has 0 amide bonds. The second kappa shape index (κ2) is 12.0. The van der Waals surface area contributed by atoms with Crippen LogP contribution in [0.1, 0.15) is 58.2 Å². The lowest BCUT2D eigenvalue weighted by molar-refractivity contribution is 0.410. The summed E-state index contributed by atoms with van der Waals surface area (Å²) in [6.07, 6.45) is 2.87. The van der Waals surface area contributed by atoms with Gasteiger partial charge in [0.25, 0.3) is 0 Å². The van der Waals surface area contributed by atoms with Crippen LogP contribution in [0.25, 0.3) is 0 Å². The maximum absolute atomic E-state index is 6.51. The smallest absolute Gasteiger partial charge is 0.348 e. The number of benzene rings is 3. The molecule has 0 saturated carbocycles. The Bertz CT molecular complexity index is 1070. The van der Waals surface area contributed by atoms with Crippen LogP contribution in [-0.4, -0.2) is 5.75 Å². The minimum Gasteiger partial charge on any atom is -0.428 e. The van der Waals surface area contributed by atoms with Gasteiger partial charge in [-0.3, -0.25) is 0 Å². The zero-order chi connectivity index (χ0) is 25.5. The Balaban J connectivity index is 1.81. The third-order valence-electron chi connectivity index (χ3n) is 5.18. The molecule has 3 aromatic carbocycles. The second-order valence-corrected chi connectivity index (χ2v) is 17.7. The fourth-order valence-corrected chi connectivity index (χ4v) is 8.30. The molecule has 2 nitrogen and oxygen atoms in total. The molecule has 0 aromatic heterocycles. The predicted molar refractivity (Wildman–Crippen MR) is 157 cm³/mol. The predicted octanol–water partition coefficient (Wildman–Crippen LogP) is 9.52. The first-order chi connectivity index (χ1) is 16.4. The van der Waals surface area contributed by atoms with E-state index in [-0.39, 0.29) is 10.8 Å². The third kappa shape index (κ3) is 10.4. The maximum atomic E-state index is 6.51. The van der Waals surface area contributed by atoms with E-state index in [1.165, 1.54) is 16.7 Å². The number of rotatable bonds is 10. The van der Waals surface area contributed by atoms with Gasteiger partial charge in [0.1, 0.15) is 11.5 Å². The van der Waals surface area contributed by atoms with Crippen LogP contribution >= 0.6 is 17.1 Å². The second-order valence-electron chi connectivity index (χ2n) is 11.5. The van der Waals surface area contributed by atoms with Crippen molar-refractivity contribution in [3.8, 4) is 11.5 Å². The molecular formula is C30H39O2PS2. The molecular weight excluding hydrogens is 487 g/mol. The van der Waals surface area contributed by atoms with Crippen LogP contribution in [0.5, 0.6) is 11.5 Å². The first-order valence-corrected chi connectivity index (χ1v) is 16.5. The first-order valence-electron chi connectivity index (χ1n) is 12.2. The summed E-state index contributed by atoms with van der Waals surface area (Å²) in [5.41, 5.74) is 1.50. The topological polar surface area (TPSA) is 18.5 Å². The van der Waals surface area contributed by atoms with Crippen molar-refractivity contribution >= 4 is 28.9 Å². The lowest BCUT2D eigenvalue weighted by atomic mass is 9.88. The van der Waals surface area contributed by atoms with Crippen molar-refractivity contribution in [2.24, 2.45) is 10.8 Å². The Labute approximate surface area is 221 Å². The molecule has 3 rings (SSSR count). The van der Waals surface area contributed by atoms with Crippen LogP contribution in [-0.2, 0) is 31.1 Å². The zero-order valence-corrected chi connectivity index (χ0v) is 24.4. The fourth-order valence-electron chi connectivity index (χ4n) is 3.90. The van der Waals surface area contributed by atoms with E-state index >= 15 is 0 Å². The Morgan fingerprint density at radius 1 is 0.657 bits per heavy atom. The van der Waals surface area contributed by atoms with Gasteiger partial charge in [-0.25, -0.2) is 0 Å². The van der Waals surface area contributed by atoms with E-state index in [4.69, 9.17) is 20.9 Å². The molecule has 0 atom stereocenters.